The first-order chi connectivity index (χ1) is 8.74. The molecular weight excluding hydrogens is 310 g/mol. The summed E-state index contributed by atoms with van der Waals surface area (Å²) >= 11 is 5.44. The van der Waals surface area contributed by atoms with Gasteiger partial charge in [0.1, 0.15) is 0 Å². The van der Waals surface area contributed by atoms with E-state index in [2.05, 4.69) is 53.5 Å². The fourth-order valence-corrected chi connectivity index (χ4v) is 3.81. The van der Waals surface area contributed by atoms with E-state index in [1.54, 1.807) is 11.3 Å². The zero-order valence-electron chi connectivity index (χ0n) is 11.5. The van der Waals surface area contributed by atoms with Crippen LogP contribution in [-0.2, 0) is 4.74 Å². The molecule has 0 amide bonds. The predicted octanol–water partition coefficient (Wildman–Crippen LogP) is 4.76. The maximum Gasteiger partial charge on any atom is 0.0777 e. The Bertz CT molecular complexity index is 323. The van der Waals surface area contributed by atoms with Crippen molar-refractivity contribution in [2.45, 2.75) is 52.2 Å². The molecule has 1 rings (SSSR count). The maximum absolute atomic E-state index is 5.94. The lowest BCUT2D eigenvalue weighted by molar-refractivity contribution is 0.0283. The van der Waals surface area contributed by atoms with E-state index in [1.807, 2.05) is 0 Å². The van der Waals surface area contributed by atoms with Crippen molar-refractivity contribution in [3.05, 3.63) is 20.8 Å². The van der Waals surface area contributed by atoms with Crippen LogP contribution in [0.5, 0.6) is 0 Å². The molecule has 0 saturated carbocycles. The summed E-state index contributed by atoms with van der Waals surface area (Å²) in [5.74, 6) is 0. The summed E-state index contributed by atoms with van der Waals surface area (Å²) < 4.78 is 7.14. The Morgan fingerprint density at radius 3 is 2.61 bits per heavy atom. The summed E-state index contributed by atoms with van der Waals surface area (Å²) in [6.07, 6.45) is 3.66. The average Bonchev–Trinajstić information content (AvgIpc) is 2.77. The van der Waals surface area contributed by atoms with Gasteiger partial charge in [0.25, 0.3) is 0 Å². The highest BCUT2D eigenvalue weighted by atomic mass is 79.9. The summed E-state index contributed by atoms with van der Waals surface area (Å²) in [4.78, 5) is 1.36. The van der Waals surface area contributed by atoms with Gasteiger partial charge in [-0.05, 0) is 53.7 Å². The molecule has 0 saturated heterocycles. The summed E-state index contributed by atoms with van der Waals surface area (Å²) in [5, 5.41) is 5.77. The van der Waals surface area contributed by atoms with Crippen LogP contribution in [0, 0.1) is 0 Å². The Labute approximate surface area is 123 Å². The molecule has 0 fully saturated rings. The molecule has 4 heteroatoms. The van der Waals surface area contributed by atoms with Gasteiger partial charge in [0.2, 0.25) is 0 Å². The Kier molecular flexibility index (Phi) is 8.15. The Hall–Kier alpha value is 0.1000. The molecule has 2 unspecified atom stereocenters. The Morgan fingerprint density at radius 2 is 2.11 bits per heavy atom. The van der Waals surface area contributed by atoms with Gasteiger partial charge in [-0.15, -0.1) is 11.3 Å². The van der Waals surface area contributed by atoms with E-state index in [-0.39, 0.29) is 6.10 Å². The van der Waals surface area contributed by atoms with Crippen molar-refractivity contribution in [1.29, 1.82) is 0 Å². The standard InChI is InChI=1S/C14H24BrNOS/c1-4-7-12(17-6-3)13(16-9-5-2)14-11(15)8-10-18-14/h8,10,12-13,16H,4-7,9H2,1-3H3. The SMILES string of the molecule is CCCNC(c1sccc1Br)C(CCC)OCC. The first-order valence-electron chi connectivity index (χ1n) is 6.82. The number of rotatable bonds is 9. The predicted molar refractivity (Wildman–Crippen MR) is 83.4 cm³/mol. The second-order valence-corrected chi connectivity index (χ2v) is 6.15. The molecule has 18 heavy (non-hydrogen) atoms. The molecule has 104 valence electrons. The number of hydrogen-bond donors (Lipinski definition) is 1. The number of halogens is 1. The van der Waals surface area contributed by atoms with Gasteiger partial charge in [0.05, 0.1) is 12.1 Å². The minimum atomic E-state index is 0.265. The van der Waals surface area contributed by atoms with E-state index in [0.29, 0.717) is 6.04 Å². The number of thiophene rings is 1. The number of hydrogen-bond acceptors (Lipinski definition) is 3. The Balaban J connectivity index is 2.84. The highest BCUT2D eigenvalue weighted by Gasteiger charge is 2.25. The van der Waals surface area contributed by atoms with Crippen molar-refractivity contribution >= 4 is 27.3 Å². The van der Waals surface area contributed by atoms with Gasteiger partial charge in [0.15, 0.2) is 0 Å². The fraction of sp³-hybridized carbons (Fsp3) is 0.714. The van der Waals surface area contributed by atoms with Gasteiger partial charge in [-0.2, -0.15) is 0 Å². The molecule has 1 aromatic rings. The lowest BCUT2D eigenvalue weighted by atomic mass is 10.0. The van der Waals surface area contributed by atoms with Crippen LogP contribution in [0.2, 0.25) is 0 Å². The van der Waals surface area contributed by atoms with Crippen LogP contribution in [0.15, 0.2) is 15.9 Å². The van der Waals surface area contributed by atoms with Crippen molar-refractivity contribution in [3.8, 4) is 0 Å². The summed E-state index contributed by atoms with van der Waals surface area (Å²) in [5.41, 5.74) is 0. The van der Waals surface area contributed by atoms with E-state index in [9.17, 15) is 0 Å². The molecule has 1 aromatic heterocycles. The third-order valence-corrected chi connectivity index (χ3v) is 4.82. The number of ether oxygens (including phenoxy) is 1. The second-order valence-electron chi connectivity index (χ2n) is 4.35. The van der Waals surface area contributed by atoms with Crippen LogP contribution in [-0.4, -0.2) is 19.3 Å². The van der Waals surface area contributed by atoms with Crippen molar-refractivity contribution in [3.63, 3.8) is 0 Å². The van der Waals surface area contributed by atoms with E-state index in [1.165, 1.54) is 9.35 Å². The van der Waals surface area contributed by atoms with Crippen LogP contribution in [0.25, 0.3) is 0 Å². The van der Waals surface area contributed by atoms with Crippen LogP contribution >= 0.6 is 27.3 Å². The third-order valence-electron chi connectivity index (χ3n) is 2.87. The summed E-state index contributed by atoms with van der Waals surface area (Å²) in [6, 6.07) is 2.43. The topological polar surface area (TPSA) is 21.3 Å². The van der Waals surface area contributed by atoms with Crippen molar-refractivity contribution in [2.75, 3.05) is 13.2 Å². The zero-order chi connectivity index (χ0) is 13.4. The number of nitrogens with one attached hydrogen (secondary N) is 1. The fourth-order valence-electron chi connectivity index (χ4n) is 2.06. The van der Waals surface area contributed by atoms with E-state index in [4.69, 9.17) is 4.74 Å². The first kappa shape index (κ1) is 16.2. The van der Waals surface area contributed by atoms with Crippen LogP contribution < -0.4 is 5.32 Å². The lowest BCUT2D eigenvalue weighted by Crippen LogP contribution is -2.34. The molecule has 1 N–H and O–H groups in total. The largest absolute Gasteiger partial charge is 0.376 e. The molecule has 0 aliphatic carbocycles. The molecule has 2 atom stereocenters. The normalized spacial score (nSPS) is 14.7. The molecule has 1 heterocycles. The van der Waals surface area contributed by atoms with Crippen molar-refractivity contribution < 1.29 is 4.74 Å². The van der Waals surface area contributed by atoms with Gasteiger partial charge in [-0.3, -0.25) is 0 Å². The van der Waals surface area contributed by atoms with Crippen LogP contribution in [0.4, 0.5) is 0 Å². The first-order valence-corrected chi connectivity index (χ1v) is 8.49. The van der Waals surface area contributed by atoms with E-state index < -0.39 is 0 Å². The summed E-state index contributed by atoms with van der Waals surface area (Å²) in [7, 11) is 0. The van der Waals surface area contributed by atoms with Crippen molar-refractivity contribution in [1.82, 2.24) is 5.32 Å². The quantitative estimate of drug-likeness (QED) is 0.703. The molecular formula is C14H24BrNOS. The van der Waals surface area contributed by atoms with Gasteiger partial charge < -0.3 is 10.1 Å². The molecule has 0 aliphatic rings. The van der Waals surface area contributed by atoms with Gasteiger partial charge in [-0.1, -0.05) is 20.3 Å². The van der Waals surface area contributed by atoms with Crippen molar-refractivity contribution in [2.24, 2.45) is 0 Å². The van der Waals surface area contributed by atoms with E-state index in [0.717, 1.165) is 32.4 Å². The highest BCUT2D eigenvalue weighted by Crippen LogP contribution is 2.33. The minimum absolute atomic E-state index is 0.265. The van der Waals surface area contributed by atoms with Gasteiger partial charge in [-0.25, -0.2) is 0 Å². The monoisotopic (exact) mass is 333 g/mol. The second kappa shape index (κ2) is 9.08. The third kappa shape index (κ3) is 4.65. The van der Waals surface area contributed by atoms with E-state index >= 15 is 0 Å². The molecule has 0 radical (unpaired) electrons. The van der Waals surface area contributed by atoms with Gasteiger partial charge >= 0.3 is 0 Å². The lowest BCUT2D eigenvalue weighted by Gasteiger charge is -2.27. The molecule has 0 aromatic carbocycles. The minimum Gasteiger partial charge on any atom is -0.376 e. The van der Waals surface area contributed by atoms with Crippen LogP contribution in [0.1, 0.15) is 51.0 Å². The summed E-state index contributed by atoms with van der Waals surface area (Å²) in [6.45, 7) is 8.29. The highest BCUT2D eigenvalue weighted by molar-refractivity contribution is 9.10. The smallest absolute Gasteiger partial charge is 0.0777 e. The Morgan fingerprint density at radius 1 is 1.33 bits per heavy atom. The zero-order valence-corrected chi connectivity index (χ0v) is 13.9. The average molecular weight is 334 g/mol. The maximum atomic E-state index is 5.94. The molecule has 2 nitrogen and oxygen atoms in total. The molecule has 0 spiro atoms. The molecule has 0 bridgehead atoms. The van der Waals surface area contributed by atoms with Gasteiger partial charge in [0, 0.05) is 16.0 Å². The van der Waals surface area contributed by atoms with Crippen LogP contribution in [0.3, 0.4) is 0 Å². The molecule has 0 aliphatic heterocycles.